The highest BCUT2D eigenvalue weighted by atomic mass is 32.2. The minimum Gasteiger partial charge on any atom is -0.330 e. The van der Waals surface area contributed by atoms with Crippen molar-refractivity contribution >= 4 is 51.2 Å². The quantitative estimate of drug-likeness (QED) is 0.331. The number of hydrogen-bond acceptors (Lipinski definition) is 8. The molecule has 1 aromatic heterocycles. The monoisotopic (exact) mass is 415 g/mol. The van der Waals surface area contributed by atoms with Crippen molar-refractivity contribution in [2.24, 2.45) is 0 Å². The second-order valence-electron chi connectivity index (χ2n) is 5.91. The zero-order chi connectivity index (χ0) is 20.1. The average molecular weight is 416 g/mol. The molecule has 0 bridgehead atoms. The molecule has 3 rings (SSSR count). The number of benzene rings is 2. The third-order valence-corrected chi connectivity index (χ3v) is 5.81. The van der Waals surface area contributed by atoms with Gasteiger partial charge in [-0.05, 0) is 43.2 Å². The molecule has 0 fully saturated rings. The number of nitro benzene ring substituents is 1. The van der Waals surface area contributed by atoms with E-state index in [9.17, 15) is 14.9 Å². The Morgan fingerprint density at radius 1 is 1.18 bits per heavy atom. The van der Waals surface area contributed by atoms with Crippen molar-refractivity contribution in [1.82, 2.24) is 10.2 Å². The number of aryl methyl sites for hydroxylation is 2. The lowest BCUT2D eigenvalue weighted by Crippen LogP contribution is -2.15. The zero-order valence-electron chi connectivity index (χ0n) is 15.1. The van der Waals surface area contributed by atoms with Gasteiger partial charge >= 0.3 is 0 Å². The summed E-state index contributed by atoms with van der Waals surface area (Å²) >= 11 is 2.55. The Morgan fingerprint density at radius 3 is 2.61 bits per heavy atom. The first-order chi connectivity index (χ1) is 13.4. The molecule has 10 heteroatoms. The van der Waals surface area contributed by atoms with Crippen LogP contribution in [0.3, 0.4) is 0 Å². The van der Waals surface area contributed by atoms with Crippen LogP contribution < -0.4 is 10.6 Å². The number of nitrogens with one attached hydrogen (secondary N) is 2. The van der Waals surface area contributed by atoms with E-state index in [4.69, 9.17) is 0 Å². The fraction of sp³-hybridized carbons (Fsp3) is 0.167. The van der Waals surface area contributed by atoms with E-state index in [2.05, 4.69) is 20.8 Å². The van der Waals surface area contributed by atoms with Crippen LogP contribution in [0.1, 0.15) is 11.1 Å². The summed E-state index contributed by atoms with van der Waals surface area (Å²) in [4.78, 5) is 23.0. The molecular weight excluding hydrogens is 398 g/mol. The second kappa shape index (κ2) is 8.81. The zero-order valence-corrected chi connectivity index (χ0v) is 16.8. The van der Waals surface area contributed by atoms with Gasteiger partial charge in [0.25, 0.3) is 5.69 Å². The normalized spacial score (nSPS) is 10.5. The maximum Gasteiger partial charge on any atom is 0.293 e. The van der Waals surface area contributed by atoms with Gasteiger partial charge in [-0.15, -0.1) is 10.2 Å². The van der Waals surface area contributed by atoms with Crippen LogP contribution in [-0.4, -0.2) is 26.8 Å². The number of para-hydroxylation sites is 1. The Labute approximate surface area is 169 Å². The lowest BCUT2D eigenvalue weighted by molar-refractivity contribution is -0.384. The van der Waals surface area contributed by atoms with Crippen molar-refractivity contribution in [2.75, 3.05) is 16.4 Å². The Morgan fingerprint density at radius 2 is 1.89 bits per heavy atom. The first-order valence-electron chi connectivity index (χ1n) is 8.26. The Kier molecular flexibility index (Phi) is 6.22. The van der Waals surface area contributed by atoms with Gasteiger partial charge in [0.15, 0.2) is 4.34 Å². The summed E-state index contributed by atoms with van der Waals surface area (Å²) in [6, 6.07) is 12.7. The number of carbonyl (C=O) groups excluding carboxylic acids is 1. The summed E-state index contributed by atoms with van der Waals surface area (Å²) in [6.45, 7) is 3.63. The minimum atomic E-state index is -0.499. The average Bonchev–Trinajstić information content (AvgIpc) is 3.11. The van der Waals surface area contributed by atoms with E-state index < -0.39 is 4.92 Å². The fourth-order valence-corrected chi connectivity index (χ4v) is 3.90. The number of nitro groups is 1. The summed E-state index contributed by atoms with van der Waals surface area (Å²) in [7, 11) is 0. The van der Waals surface area contributed by atoms with Crippen molar-refractivity contribution in [3.63, 3.8) is 0 Å². The van der Waals surface area contributed by atoms with Crippen LogP contribution in [0.15, 0.2) is 46.8 Å². The molecule has 3 aromatic rings. The van der Waals surface area contributed by atoms with Gasteiger partial charge in [0.1, 0.15) is 5.69 Å². The summed E-state index contributed by atoms with van der Waals surface area (Å²) in [5, 5.41) is 25.7. The highest BCUT2D eigenvalue weighted by Gasteiger charge is 2.18. The number of anilines is 3. The van der Waals surface area contributed by atoms with Crippen molar-refractivity contribution in [3.05, 3.63) is 63.7 Å². The first kappa shape index (κ1) is 19.8. The van der Waals surface area contributed by atoms with Crippen molar-refractivity contribution in [1.29, 1.82) is 0 Å². The number of carbonyl (C=O) groups is 1. The number of nitrogens with zero attached hydrogens (tertiary/aromatic N) is 3. The van der Waals surface area contributed by atoms with Gasteiger partial charge in [-0.25, -0.2) is 0 Å². The number of aromatic nitrogens is 2. The van der Waals surface area contributed by atoms with Gasteiger partial charge in [0.2, 0.25) is 11.0 Å². The van der Waals surface area contributed by atoms with Gasteiger partial charge < -0.3 is 10.6 Å². The summed E-state index contributed by atoms with van der Waals surface area (Å²) in [6.07, 6.45) is 0. The highest BCUT2D eigenvalue weighted by molar-refractivity contribution is 8.01. The molecule has 0 unspecified atom stereocenters. The molecule has 0 aliphatic heterocycles. The molecule has 0 saturated carbocycles. The van der Waals surface area contributed by atoms with Gasteiger partial charge in [-0.1, -0.05) is 41.3 Å². The fourth-order valence-electron chi connectivity index (χ4n) is 2.33. The molecule has 0 atom stereocenters. The number of thioether (sulfide) groups is 1. The van der Waals surface area contributed by atoms with Crippen molar-refractivity contribution < 1.29 is 9.72 Å². The molecular formula is C18H17N5O3S2. The van der Waals surface area contributed by atoms with E-state index in [1.165, 1.54) is 29.2 Å². The molecule has 0 spiro atoms. The smallest absolute Gasteiger partial charge is 0.293 e. The first-order valence-corrected chi connectivity index (χ1v) is 10.1. The van der Waals surface area contributed by atoms with E-state index in [1.54, 1.807) is 13.0 Å². The second-order valence-corrected chi connectivity index (χ2v) is 8.11. The largest absolute Gasteiger partial charge is 0.330 e. The van der Waals surface area contributed by atoms with Crippen LogP contribution >= 0.6 is 23.1 Å². The summed E-state index contributed by atoms with van der Waals surface area (Å²) in [5.41, 5.74) is 2.64. The molecule has 0 saturated heterocycles. The van der Waals surface area contributed by atoms with E-state index in [0.717, 1.165) is 16.8 Å². The third-order valence-electron chi connectivity index (χ3n) is 3.84. The van der Waals surface area contributed by atoms with Crippen LogP contribution in [0.2, 0.25) is 0 Å². The Balaban J connectivity index is 1.59. The Bertz CT molecular complexity index is 1010. The van der Waals surface area contributed by atoms with E-state index >= 15 is 0 Å². The summed E-state index contributed by atoms with van der Waals surface area (Å²) < 4.78 is 0.628. The lowest BCUT2D eigenvalue weighted by atomic mass is 10.1. The molecule has 1 heterocycles. The third kappa shape index (κ3) is 5.05. The van der Waals surface area contributed by atoms with Gasteiger partial charge in [-0.3, -0.25) is 14.9 Å². The van der Waals surface area contributed by atoms with Crippen molar-refractivity contribution in [2.45, 2.75) is 18.2 Å². The van der Waals surface area contributed by atoms with E-state index in [1.807, 2.05) is 37.3 Å². The van der Waals surface area contributed by atoms with Crippen LogP contribution in [0.5, 0.6) is 0 Å². The molecule has 28 heavy (non-hydrogen) atoms. The number of rotatable bonds is 7. The SMILES string of the molecule is Cc1cc(NC(=O)CSc2nnc(Nc3ccccc3)s2)c([N+](=O)[O-])cc1C. The molecule has 2 aromatic carbocycles. The van der Waals surface area contributed by atoms with Crippen molar-refractivity contribution in [3.8, 4) is 0 Å². The molecule has 0 radical (unpaired) electrons. The number of hydrogen-bond donors (Lipinski definition) is 2. The van der Waals surface area contributed by atoms with E-state index in [0.29, 0.717) is 9.47 Å². The van der Waals surface area contributed by atoms with Crippen LogP contribution in [0.4, 0.5) is 22.2 Å². The number of amides is 1. The molecule has 144 valence electrons. The maximum absolute atomic E-state index is 12.2. The molecule has 0 aliphatic rings. The topological polar surface area (TPSA) is 110 Å². The molecule has 0 aliphatic carbocycles. The molecule has 8 nitrogen and oxygen atoms in total. The Hall–Kier alpha value is -2.98. The summed E-state index contributed by atoms with van der Waals surface area (Å²) in [5.74, 6) is -0.270. The minimum absolute atomic E-state index is 0.0735. The van der Waals surface area contributed by atoms with Crippen LogP contribution in [-0.2, 0) is 4.79 Å². The maximum atomic E-state index is 12.2. The van der Waals surface area contributed by atoms with E-state index in [-0.39, 0.29) is 23.0 Å². The van der Waals surface area contributed by atoms with Crippen LogP contribution in [0.25, 0.3) is 0 Å². The molecule has 2 N–H and O–H groups in total. The van der Waals surface area contributed by atoms with Gasteiger partial charge in [0, 0.05) is 11.8 Å². The van der Waals surface area contributed by atoms with Gasteiger partial charge in [0.05, 0.1) is 10.7 Å². The molecule has 1 amide bonds. The van der Waals surface area contributed by atoms with Crippen LogP contribution in [0, 0.1) is 24.0 Å². The predicted octanol–water partition coefficient (Wildman–Crippen LogP) is 4.54. The highest BCUT2D eigenvalue weighted by Crippen LogP contribution is 2.30. The predicted molar refractivity (Wildman–Crippen MR) is 112 cm³/mol. The van der Waals surface area contributed by atoms with Gasteiger partial charge in [-0.2, -0.15) is 0 Å². The lowest BCUT2D eigenvalue weighted by Gasteiger charge is -2.08. The standard InChI is InChI=1S/C18H17N5O3S2/c1-11-8-14(15(23(25)26)9-12(11)2)20-16(24)10-27-18-22-21-17(28-18)19-13-6-4-3-5-7-13/h3-9H,10H2,1-2H3,(H,19,21)(H,20,24).